The van der Waals surface area contributed by atoms with E-state index in [1.807, 2.05) is 48.8 Å². The summed E-state index contributed by atoms with van der Waals surface area (Å²) in [6.07, 6.45) is 5.93. The Morgan fingerprint density at radius 1 is 0.600 bits per heavy atom. The zero-order chi connectivity index (χ0) is 57.2. The second-order valence-corrected chi connectivity index (χ2v) is 25.4. The second kappa shape index (κ2) is 22.3. The SMILES string of the molecule is CC(C)(C)c1ccc(-c2[c-]cc(F)cc2)nc1.C[Si](C)(C)c1ccc(-c2[c-]cc(F)cc2)nc1.[2H]C([2H])([2H])c1ccc(-c2cc(-c3[c-]ccc(-c4cc5ccc(CC(C)(C)C)cc5o4)c3)ncc2C([2H])([2H])[2H])c(C([2H])([2H])[2H])c1.[Ir+3]. The smallest absolute Gasteiger partial charge is 0.458 e. The summed E-state index contributed by atoms with van der Waals surface area (Å²) in [6, 6.07) is 44.8. The minimum absolute atomic E-state index is 0. The van der Waals surface area contributed by atoms with E-state index in [0.717, 1.165) is 51.5 Å². The quantitative estimate of drug-likeness (QED) is 0.118. The minimum atomic E-state index is -2.70. The Morgan fingerprint density at radius 3 is 1.83 bits per heavy atom. The molecule has 9 aromatic rings. The van der Waals surface area contributed by atoms with E-state index >= 15 is 0 Å². The molecule has 0 saturated heterocycles. The van der Waals surface area contributed by atoms with Gasteiger partial charge in [0.15, 0.2) is 0 Å². The second-order valence-electron chi connectivity index (χ2n) is 20.3. The minimum Gasteiger partial charge on any atom is -0.458 e. The van der Waals surface area contributed by atoms with Gasteiger partial charge in [0.25, 0.3) is 0 Å². The van der Waals surface area contributed by atoms with Gasteiger partial charge in [0.1, 0.15) is 11.3 Å². The molecule has 358 valence electrons. The van der Waals surface area contributed by atoms with Crippen molar-refractivity contribution in [1.29, 1.82) is 0 Å². The molecule has 0 radical (unpaired) electrons. The van der Waals surface area contributed by atoms with Gasteiger partial charge < -0.3 is 19.4 Å². The fraction of sp³-hybridized carbons (Fsp3) is 0.242. The third kappa shape index (κ3) is 14.0. The standard InChI is InChI=1S/C33H32NO.C15H15FN.C14H15FNSi.Ir/c1-21-10-13-28(22(2)14-21)29-18-30(34-20-23(29)3)25-8-7-9-26(16-25)32-17-27-12-11-24(15-31(27)35-32)19-33(4,5)6;1-15(2,3)12-6-9-14(17-10-12)11-4-7-13(16)8-5-11;1-17(2,3)13-8-9-14(16-10-13)11-4-6-12(15)7-5-11;/h7,9-18,20H,19H2,1-6H3;2*4,6-10H,1-3H3;/q3*-1;+3/i1D3,2D3,3D3;;;. The van der Waals surface area contributed by atoms with Crippen molar-refractivity contribution in [2.45, 2.75) is 93.6 Å². The van der Waals surface area contributed by atoms with Crippen molar-refractivity contribution in [2.24, 2.45) is 5.41 Å². The van der Waals surface area contributed by atoms with Crippen LogP contribution < -0.4 is 5.19 Å². The fourth-order valence-electron chi connectivity index (χ4n) is 7.44. The molecule has 4 heterocycles. The molecule has 0 bridgehead atoms. The number of aromatic nitrogens is 3. The van der Waals surface area contributed by atoms with Crippen molar-refractivity contribution in [3.8, 4) is 56.2 Å². The molecule has 0 N–H and O–H groups in total. The van der Waals surface area contributed by atoms with Gasteiger partial charge in [-0.05, 0) is 106 Å². The van der Waals surface area contributed by atoms with E-state index in [1.165, 1.54) is 65.0 Å². The summed E-state index contributed by atoms with van der Waals surface area (Å²) < 4.78 is 104. The van der Waals surface area contributed by atoms with Crippen LogP contribution >= 0.6 is 0 Å². The van der Waals surface area contributed by atoms with Crippen molar-refractivity contribution in [3.05, 3.63) is 204 Å². The first kappa shape index (κ1) is 41.6. The monoisotopic (exact) mass is 1130 g/mol. The van der Waals surface area contributed by atoms with E-state index in [2.05, 4.69) is 119 Å². The van der Waals surface area contributed by atoms with Gasteiger partial charge in [-0.1, -0.05) is 133 Å². The average molecular weight is 1130 g/mol. The summed E-state index contributed by atoms with van der Waals surface area (Å²) in [7, 11) is -1.30. The van der Waals surface area contributed by atoms with Gasteiger partial charge in [-0.2, -0.15) is 0 Å². The van der Waals surface area contributed by atoms with E-state index < -0.39 is 28.6 Å². The van der Waals surface area contributed by atoms with Crippen LogP contribution in [-0.4, -0.2) is 23.0 Å². The molecule has 4 nitrogen and oxygen atoms in total. The molecule has 0 spiro atoms. The first-order chi connectivity index (χ1) is 36.2. The summed E-state index contributed by atoms with van der Waals surface area (Å²) in [6.45, 7) is 12.0. The molecule has 0 aliphatic rings. The Morgan fingerprint density at radius 2 is 1.27 bits per heavy atom. The van der Waals surface area contributed by atoms with E-state index in [9.17, 15) is 8.78 Å². The first-order valence-corrected chi connectivity index (χ1v) is 26.2. The molecule has 5 aromatic carbocycles. The third-order valence-electron chi connectivity index (χ3n) is 11.3. The summed E-state index contributed by atoms with van der Waals surface area (Å²) in [5.41, 5.74) is 8.04. The molecule has 8 heteroatoms. The Balaban J connectivity index is 0.000000234. The maximum Gasteiger partial charge on any atom is 3.00 e. The predicted molar refractivity (Wildman–Crippen MR) is 285 cm³/mol. The number of benzene rings is 5. The van der Waals surface area contributed by atoms with Crippen molar-refractivity contribution in [3.63, 3.8) is 0 Å². The Bertz CT molecular complexity index is 3410. The van der Waals surface area contributed by atoms with E-state index in [1.54, 1.807) is 18.2 Å². The Labute approximate surface area is 441 Å². The van der Waals surface area contributed by atoms with Gasteiger partial charge in [-0.3, -0.25) is 8.78 Å². The molecule has 0 amide bonds. The van der Waals surface area contributed by atoms with Crippen molar-refractivity contribution in [2.75, 3.05) is 0 Å². The average Bonchev–Trinajstić information content (AvgIpc) is 3.86. The maximum absolute atomic E-state index is 12.8. The number of hydrogen-bond donors (Lipinski definition) is 0. The van der Waals surface area contributed by atoms with E-state index in [4.69, 9.17) is 16.8 Å². The fourth-order valence-corrected chi connectivity index (χ4v) is 8.47. The molecule has 70 heavy (non-hydrogen) atoms. The van der Waals surface area contributed by atoms with E-state index in [-0.39, 0.29) is 70.4 Å². The van der Waals surface area contributed by atoms with Crippen LogP contribution in [0.3, 0.4) is 0 Å². The molecule has 0 atom stereocenters. The van der Waals surface area contributed by atoms with Crippen LogP contribution in [0, 0.1) is 55.8 Å². The molecule has 0 aliphatic heterocycles. The summed E-state index contributed by atoms with van der Waals surface area (Å²) in [5, 5.41) is 2.29. The van der Waals surface area contributed by atoms with Crippen LogP contribution in [0.25, 0.3) is 67.2 Å². The molecule has 4 aromatic heterocycles. The molecule has 0 aliphatic carbocycles. The Kier molecular flexibility index (Phi) is 13.2. The molecular weight excluding hydrogens is 1060 g/mol. The number of rotatable bonds is 7. The van der Waals surface area contributed by atoms with Gasteiger partial charge in [-0.15, -0.1) is 89.5 Å². The zero-order valence-corrected chi connectivity index (χ0v) is 44.3. The summed E-state index contributed by atoms with van der Waals surface area (Å²) in [5.74, 6) is 0.0972. The molecule has 9 rings (SSSR count). The summed E-state index contributed by atoms with van der Waals surface area (Å²) >= 11 is 0. The van der Waals surface area contributed by atoms with Crippen LogP contribution in [0.15, 0.2) is 150 Å². The zero-order valence-electron chi connectivity index (χ0n) is 49.9. The molecule has 0 fully saturated rings. The van der Waals surface area contributed by atoms with Crippen LogP contribution in [0.4, 0.5) is 8.78 Å². The number of aryl methyl sites for hydroxylation is 3. The van der Waals surface area contributed by atoms with Gasteiger partial charge in [0.05, 0.1) is 8.07 Å². The third-order valence-corrected chi connectivity index (χ3v) is 13.3. The van der Waals surface area contributed by atoms with Crippen molar-refractivity contribution in [1.82, 2.24) is 15.0 Å². The van der Waals surface area contributed by atoms with Crippen LogP contribution in [0.1, 0.15) is 81.7 Å². The largest absolute Gasteiger partial charge is 3.00 e. The number of pyridine rings is 3. The first-order valence-electron chi connectivity index (χ1n) is 27.2. The molecule has 0 saturated carbocycles. The number of fused-ring (bicyclic) bond motifs is 1. The van der Waals surface area contributed by atoms with Gasteiger partial charge in [0.2, 0.25) is 0 Å². The van der Waals surface area contributed by atoms with Crippen LogP contribution in [0.2, 0.25) is 19.6 Å². The number of halogens is 2. The molecule has 0 unspecified atom stereocenters. The van der Waals surface area contributed by atoms with Crippen molar-refractivity contribution >= 4 is 24.2 Å². The van der Waals surface area contributed by atoms with Gasteiger partial charge >= 0.3 is 20.1 Å². The van der Waals surface area contributed by atoms with Gasteiger partial charge in [-0.25, -0.2) is 0 Å². The number of furan rings is 1. The maximum atomic E-state index is 12.8. The normalized spacial score (nSPS) is 14.0. The van der Waals surface area contributed by atoms with Gasteiger partial charge in [0, 0.05) is 47.9 Å². The predicted octanol–water partition coefficient (Wildman–Crippen LogP) is 16.4. The van der Waals surface area contributed by atoms with E-state index in [0.29, 0.717) is 17.0 Å². The number of nitrogens with zero attached hydrogens (tertiary/aromatic N) is 3. The topological polar surface area (TPSA) is 51.8 Å². The van der Waals surface area contributed by atoms with Crippen molar-refractivity contribution < 1.29 is 45.6 Å². The van der Waals surface area contributed by atoms with Crippen LogP contribution in [0.5, 0.6) is 0 Å². The molecular formula is C62H62F2IrN3OSi. The number of hydrogen-bond acceptors (Lipinski definition) is 4. The Hall–Kier alpha value is -6.18. The van der Waals surface area contributed by atoms with Crippen LogP contribution in [-0.2, 0) is 31.9 Å². The summed E-state index contributed by atoms with van der Waals surface area (Å²) in [4.78, 5) is 13.2.